The summed E-state index contributed by atoms with van der Waals surface area (Å²) < 4.78 is 0. The molecule has 112 valence electrons. The van der Waals surface area contributed by atoms with Crippen molar-refractivity contribution in [2.24, 2.45) is 5.92 Å². The highest BCUT2D eigenvalue weighted by Gasteiger charge is 2.35. The number of anilines is 1. The molecule has 1 aromatic rings. The number of rotatable bonds is 2. The highest BCUT2D eigenvalue weighted by Crippen LogP contribution is 2.31. The van der Waals surface area contributed by atoms with Gasteiger partial charge in [0, 0.05) is 37.8 Å². The predicted molar refractivity (Wildman–Crippen MR) is 81.1 cm³/mol. The van der Waals surface area contributed by atoms with Gasteiger partial charge in [0.25, 0.3) is 5.91 Å². The van der Waals surface area contributed by atoms with Crippen LogP contribution in [0.3, 0.4) is 0 Å². The molecule has 1 aliphatic heterocycles. The van der Waals surface area contributed by atoms with Gasteiger partial charge in [-0.2, -0.15) is 0 Å². The quantitative estimate of drug-likeness (QED) is 0.844. The zero-order chi connectivity index (χ0) is 15.0. The van der Waals surface area contributed by atoms with Gasteiger partial charge in [0.2, 0.25) is 5.91 Å². The van der Waals surface area contributed by atoms with Crippen LogP contribution in [0.25, 0.3) is 0 Å². The first-order valence-electron chi connectivity index (χ1n) is 7.20. The van der Waals surface area contributed by atoms with Gasteiger partial charge in [-0.25, -0.2) is 0 Å². The summed E-state index contributed by atoms with van der Waals surface area (Å²) in [6.45, 7) is 2.24. The Balaban J connectivity index is 1.66. The van der Waals surface area contributed by atoms with E-state index in [1.165, 1.54) is 0 Å². The molecule has 2 fully saturated rings. The molecule has 21 heavy (non-hydrogen) atoms. The van der Waals surface area contributed by atoms with E-state index in [-0.39, 0.29) is 17.7 Å². The van der Waals surface area contributed by atoms with Crippen molar-refractivity contribution in [3.63, 3.8) is 0 Å². The van der Waals surface area contributed by atoms with Crippen molar-refractivity contribution in [2.75, 3.05) is 31.9 Å². The number of benzene rings is 1. The Morgan fingerprint density at radius 1 is 1.10 bits per heavy atom. The van der Waals surface area contributed by atoms with Gasteiger partial charge in [0.1, 0.15) is 0 Å². The Hall–Kier alpha value is -1.75. The summed E-state index contributed by atoms with van der Waals surface area (Å²) >= 11 is 6.08. The zero-order valence-electron chi connectivity index (χ0n) is 11.7. The molecule has 0 radical (unpaired) electrons. The molecule has 1 aromatic carbocycles. The molecule has 1 aliphatic carbocycles. The number of amides is 2. The van der Waals surface area contributed by atoms with Crippen LogP contribution in [0.1, 0.15) is 23.2 Å². The molecule has 1 saturated carbocycles. The lowest BCUT2D eigenvalue weighted by Crippen LogP contribution is -2.51. The van der Waals surface area contributed by atoms with E-state index in [9.17, 15) is 9.59 Å². The fourth-order valence-corrected chi connectivity index (χ4v) is 2.91. The van der Waals surface area contributed by atoms with Gasteiger partial charge in [-0.3, -0.25) is 9.59 Å². The maximum Gasteiger partial charge on any atom is 0.257 e. The van der Waals surface area contributed by atoms with E-state index in [0.29, 0.717) is 42.5 Å². The van der Waals surface area contributed by atoms with Crippen molar-refractivity contribution < 1.29 is 9.59 Å². The number of halogens is 1. The van der Waals surface area contributed by atoms with Crippen LogP contribution in [-0.4, -0.2) is 47.8 Å². The lowest BCUT2D eigenvalue weighted by Gasteiger charge is -2.35. The van der Waals surface area contributed by atoms with Crippen molar-refractivity contribution in [1.82, 2.24) is 9.80 Å². The summed E-state index contributed by atoms with van der Waals surface area (Å²) in [5, 5.41) is 0.372. The monoisotopic (exact) mass is 307 g/mol. The Labute approximate surface area is 128 Å². The van der Waals surface area contributed by atoms with Crippen LogP contribution in [0, 0.1) is 5.92 Å². The van der Waals surface area contributed by atoms with Crippen LogP contribution >= 0.6 is 11.6 Å². The molecule has 0 atom stereocenters. The smallest absolute Gasteiger partial charge is 0.257 e. The highest BCUT2D eigenvalue weighted by molar-refractivity contribution is 6.34. The van der Waals surface area contributed by atoms with E-state index in [4.69, 9.17) is 17.3 Å². The van der Waals surface area contributed by atoms with Gasteiger partial charge in [-0.15, -0.1) is 0 Å². The third kappa shape index (κ3) is 2.83. The van der Waals surface area contributed by atoms with Crippen molar-refractivity contribution in [3.8, 4) is 0 Å². The molecule has 5 nitrogen and oxygen atoms in total. The minimum absolute atomic E-state index is 0.156. The molecule has 2 aliphatic rings. The van der Waals surface area contributed by atoms with Gasteiger partial charge < -0.3 is 15.5 Å². The molecule has 0 spiro atoms. The molecule has 2 N–H and O–H groups in total. The van der Waals surface area contributed by atoms with E-state index in [0.717, 1.165) is 12.8 Å². The minimum atomic E-state index is -0.156. The number of nitrogen functional groups attached to an aromatic ring is 1. The molecule has 1 heterocycles. The summed E-state index contributed by atoms with van der Waals surface area (Å²) in [7, 11) is 0. The Morgan fingerprint density at radius 3 is 2.29 bits per heavy atom. The molecule has 6 heteroatoms. The number of hydrogen-bond donors (Lipinski definition) is 1. The van der Waals surface area contributed by atoms with Crippen LogP contribution in [-0.2, 0) is 4.79 Å². The standard InChI is InChI=1S/C15H18ClN3O2/c16-11-2-1-3-12(17)13(11)15(21)19-8-6-18(7-9-19)14(20)10-4-5-10/h1-3,10H,4-9,17H2. The second kappa shape index (κ2) is 5.56. The Kier molecular flexibility index (Phi) is 3.76. The molecule has 0 aromatic heterocycles. The summed E-state index contributed by atoms with van der Waals surface area (Å²) in [6.07, 6.45) is 2.02. The lowest BCUT2D eigenvalue weighted by molar-refractivity contribution is -0.134. The van der Waals surface area contributed by atoms with Crippen LogP contribution in [0.2, 0.25) is 5.02 Å². The van der Waals surface area contributed by atoms with Crippen molar-refractivity contribution in [3.05, 3.63) is 28.8 Å². The first kappa shape index (κ1) is 14.2. The topological polar surface area (TPSA) is 66.6 Å². The number of nitrogens with two attached hydrogens (primary N) is 1. The van der Waals surface area contributed by atoms with Gasteiger partial charge in [-0.1, -0.05) is 17.7 Å². The minimum Gasteiger partial charge on any atom is -0.398 e. The van der Waals surface area contributed by atoms with Crippen LogP contribution in [0.15, 0.2) is 18.2 Å². The summed E-state index contributed by atoms with van der Waals surface area (Å²) in [5.41, 5.74) is 6.61. The maximum atomic E-state index is 12.5. The van der Waals surface area contributed by atoms with Crippen molar-refractivity contribution in [2.45, 2.75) is 12.8 Å². The van der Waals surface area contributed by atoms with Gasteiger partial charge in [0.15, 0.2) is 0 Å². The molecule has 2 amide bonds. The zero-order valence-corrected chi connectivity index (χ0v) is 12.5. The number of hydrogen-bond acceptors (Lipinski definition) is 3. The van der Waals surface area contributed by atoms with E-state index >= 15 is 0 Å². The summed E-state index contributed by atoms with van der Waals surface area (Å²) in [6, 6.07) is 5.06. The SMILES string of the molecule is Nc1cccc(Cl)c1C(=O)N1CCN(C(=O)C2CC2)CC1. The van der Waals surface area contributed by atoms with Crippen LogP contribution in [0.4, 0.5) is 5.69 Å². The molecule has 3 rings (SSSR count). The number of nitrogens with zero attached hydrogens (tertiary/aromatic N) is 2. The van der Waals surface area contributed by atoms with E-state index in [1.807, 2.05) is 4.90 Å². The second-order valence-corrected chi connectivity index (χ2v) is 6.00. The third-order valence-corrected chi connectivity index (χ3v) is 4.38. The summed E-state index contributed by atoms with van der Waals surface area (Å²) in [5.74, 6) is 0.308. The Morgan fingerprint density at radius 2 is 1.71 bits per heavy atom. The van der Waals surface area contributed by atoms with Crippen LogP contribution in [0.5, 0.6) is 0 Å². The number of carbonyl (C=O) groups excluding carboxylic acids is 2. The predicted octanol–water partition coefficient (Wildman–Crippen LogP) is 1.62. The number of carbonyl (C=O) groups is 2. The molecule has 1 saturated heterocycles. The van der Waals surface area contributed by atoms with E-state index in [2.05, 4.69) is 0 Å². The van der Waals surface area contributed by atoms with Crippen molar-refractivity contribution in [1.29, 1.82) is 0 Å². The molecular formula is C15H18ClN3O2. The number of piperazine rings is 1. The van der Waals surface area contributed by atoms with Gasteiger partial charge in [-0.05, 0) is 25.0 Å². The molecular weight excluding hydrogens is 290 g/mol. The van der Waals surface area contributed by atoms with E-state index < -0.39 is 0 Å². The van der Waals surface area contributed by atoms with E-state index in [1.54, 1.807) is 23.1 Å². The second-order valence-electron chi connectivity index (χ2n) is 5.60. The highest BCUT2D eigenvalue weighted by atomic mass is 35.5. The molecule has 0 bridgehead atoms. The third-order valence-electron chi connectivity index (χ3n) is 4.06. The first-order valence-corrected chi connectivity index (χ1v) is 7.58. The fraction of sp³-hybridized carbons (Fsp3) is 0.467. The Bertz CT molecular complexity index is 558. The van der Waals surface area contributed by atoms with Crippen molar-refractivity contribution >= 4 is 29.1 Å². The normalized spacial score (nSPS) is 18.7. The van der Waals surface area contributed by atoms with Crippen LogP contribution < -0.4 is 5.73 Å². The van der Waals surface area contributed by atoms with Gasteiger partial charge in [0.05, 0.1) is 10.6 Å². The first-order chi connectivity index (χ1) is 10.1. The maximum absolute atomic E-state index is 12.5. The van der Waals surface area contributed by atoms with Gasteiger partial charge >= 0.3 is 0 Å². The average molecular weight is 308 g/mol. The lowest BCUT2D eigenvalue weighted by atomic mass is 10.1. The fourth-order valence-electron chi connectivity index (χ4n) is 2.64. The average Bonchev–Trinajstić information content (AvgIpc) is 3.31. The largest absolute Gasteiger partial charge is 0.398 e. The molecule has 0 unspecified atom stereocenters. The summed E-state index contributed by atoms with van der Waals surface area (Å²) in [4.78, 5) is 28.1.